The summed E-state index contributed by atoms with van der Waals surface area (Å²) < 4.78 is 6.81. The van der Waals surface area contributed by atoms with Gasteiger partial charge in [-0.25, -0.2) is 4.68 Å². The summed E-state index contributed by atoms with van der Waals surface area (Å²) in [4.78, 5) is 27.3. The minimum absolute atomic E-state index is 0.102. The molecule has 0 aliphatic carbocycles. The lowest BCUT2D eigenvalue weighted by Gasteiger charge is -2.17. The second-order valence-corrected chi connectivity index (χ2v) is 7.48. The van der Waals surface area contributed by atoms with Crippen LogP contribution < -0.4 is 10.1 Å². The predicted octanol–water partition coefficient (Wildman–Crippen LogP) is 4.26. The Morgan fingerprint density at radius 1 is 0.939 bits per heavy atom. The van der Waals surface area contributed by atoms with Gasteiger partial charge in [0.1, 0.15) is 11.4 Å². The van der Waals surface area contributed by atoms with Crippen molar-refractivity contribution in [2.45, 2.75) is 0 Å². The Labute approximate surface area is 192 Å². The SMILES string of the molecule is COc1ccc(NC(=O)CN(C)C(=O)c2cn(-c3ccccc3)nc2-c2ccccc2)cc1. The molecule has 0 bridgehead atoms. The molecule has 0 aliphatic heterocycles. The second kappa shape index (κ2) is 9.82. The number of nitrogens with zero attached hydrogens (tertiary/aromatic N) is 3. The molecule has 4 aromatic rings. The van der Waals surface area contributed by atoms with Crippen molar-refractivity contribution in [1.82, 2.24) is 14.7 Å². The van der Waals surface area contributed by atoms with E-state index in [2.05, 4.69) is 10.4 Å². The van der Waals surface area contributed by atoms with E-state index in [-0.39, 0.29) is 18.4 Å². The molecule has 0 saturated carbocycles. The van der Waals surface area contributed by atoms with Crippen LogP contribution in [-0.2, 0) is 4.79 Å². The van der Waals surface area contributed by atoms with Crippen LogP contribution in [0.25, 0.3) is 16.9 Å². The van der Waals surface area contributed by atoms with E-state index in [4.69, 9.17) is 4.74 Å². The molecule has 166 valence electrons. The van der Waals surface area contributed by atoms with Crippen molar-refractivity contribution >= 4 is 17.5 Å². The number of amides is 2. The van der Waals surface area contributed by atoms with Gasteiger partial charge in [0.25, 0.3) is 5.91 Å². The van der Waals surface area contributed by atoms with E-state index >= 15 is 0 Å². The van der Waals surface area contributed by atoms with Gasteiger partial charge in [-0.15, -0.1) is 0 Å². The van der Waals surface area contributed by atoms with E-state index < -0.39 is 0 Å². The van der Waals surface area contributed by atoms with Gasteiger partial charge >= 0.3 is 0 Å². The molecule has 0 spiro atoms. The number of benzene rings is 3. The summed E-state index contributed by atoms with van der Waals surface area (Å²) in [5.74, 6) is 0.109. The maximum absolute atomic E-state index is 13.3. The molecule has 7 nitrogen and oxygen atoms in total. The molecule has 1 N–H and O–H groups in total. The molecular formula is C26H24N4O3. The molecule has 4 rings (SSSR count). The van der Waals surface area contributed by atoms with E-state index in [1.54, 1.807) is 49.3 Å². The van der Waals surface area contributed by atoms with Gasteiger partial charge in [-0.1, -0.05) is 48.5 Å². The Kier molecular flexibility index (Phi) is 6.50. The zero-order chi connectivity index (χ0) is 23.2. The molecule has 0 fully saturated rings. The number of carbonyl (C=O) groups excluding carboxylic acids is 2. The summed E-state index contributed by atoms with van der Waals surface area (Å²) in [7, 11) is 3.18. The summed E-state index contributed by atoms with van der Waals surface area (Å²) in [6, 6.07) is 26.1. The standard InChI is InChI=1S/C26H24N4O3/c1-29(18-24(31)27-20-13-15-22(33-2)16-14-20)26(32)23-17-30(21-11-7-4-8-12-21)28-25(23)19-9-5-3-6-10-19/h3-17H,18H2,1-2H3,(H,27,31). The summed E-state index contributed by atoms with van der Waals surface area (Å²) in [6.45, 7) is -0.102. The van der Waals surface area contributed by atoms with Gasteiger partial charge in [-0.3, -0.25) is 9.59 Å². The minimum atomic E-state index is -0.298. The number of hydrogen-bond acceptors (Lipinski definition) is 4. The maximum atomic E-state index is 13.3. The van der Waals surface area contributed by atoms with Crippen LogP contribution in [0.4, 0.5) is 5.69 Å². The fourth-order valence-corrected chi connectivity index (χ4v) is 3.42. The van der Waals surface area contributed by atoms with Crippen molar-refractivity contribution in [3.63, 3.8) is 0 Å². The highest BCUT2D eigenvalue weighted by Gasteiger charge is 2.23. The highest BCUT2D eigenvalue weighted by molar-refractivity contribution is 6.02. The second-order valence-electron chi connectivity index (χ2n) is 7.48. The van der Waals surface area contributed by atoms with E-state index in [1.165, 1.54) is 4.90 Å². The molecule has 0 saturated heterocycles. The quantitative estimate of drug-likeness (QED) is 0.466. The third-order valence-electron chi connectivity index (χ3n) is 5.11. The lowest BCUT2D eigenvalue weighted by atomic mass is 10.1. The molecule has 1 aromatic heterocycles. The average molecular weight is 441 g/mol. The van der Waals surface area contributed by atoms with E-state index in [0.717, 1.165) is 11.3 Å². The Morgan fingerprint density at radius 3 is 2.21 bits per heavy atom. The number of nitrogens with one attached hydrogen (secondary N) is 1. The number of ether oxygens (including phenoxy) is 1. The van der Waals surface area contributed by atoms with Crippen molar-refractivity contribution in [3.05, 3.63) is 96.7 Å². The van der Waals surface area contributed by atoms with Gasteiger partial charge in [0.15, 0.2) is 0 Å². The van der Waals surface area contributed by atoms with Crippen LogP contribution in [0.5, 0.6) is 5.75 Å². The molecular weight excluding hydrogens is 416 g/mol. The first-order chi connectivity index (χ1) is 16.0. The lowest BCUT2D eigenvalue weighted by molar-refractivity contribution is -0.116. The molecule has 2 amide bonds. The normalized spacial score (nSPS) is 10.5. The first-order valence-corrected chi connectivity index (χ1v) is 10.4. The molecule has 0 unspecified atom stereocenters. The fraction of sp³-hybridized carbons (Fsp3) is 0.115. The molecule has 0 atom stereocenters. The van der Waals surface area contributed by atoms with Gasteiger partial charge in [0.2, 0.25) is 5.91 Å². The molecule has 3 aromatic carbocycles. The zero-order valence-electron chi connectivity index (χ0n) is 18.4. The molecule has 33 heavy (non-hydrogen) atoms. The minimum Gasteiger partial charge on any atom is -0.497 e. The zero-order valence-corrected chi connectivity index (χ0v) is 18.4. The molecule has 0 radical (unpaired) electrons. The topological polar surface area (TPSA) is 76.5 Å². The van der Waals surface area contributed by atoms with Crippen LogP contribution in [0, 0.1) is 0 Å². The van der Waals surface area contributed by atoms with Gasteiger partial charge < -0.3 is 15.0 Å². The van der Waals surface area contributed by atoms with Crippen molar-refractivity contribution in [3.8, 4) is 22.7 Å². The first kappa shape index (κ1) is 21.8. The van der Waals surface area contributed by atoms with Crippen molar-refractivity contribution in [2.24, 2.45) is 0 Å². The number of likely N-dealkylation sites (N-methyl/N-ethyl adjacent to an activating group) is 1. The van der Waals surface area contributed by atoms with Gasteiger partial charge in [0, 0.05) is 24.5 Å². The summed E-state index contributed by atoms with van der Waals surface area (Å²) in [5.41, 5.74) is 3.28. The summed E-state index contributed by atoms with van der Waals surface area (Å²) >= 11 is 0. The number of para-hydroxylation sites is 1. The number of hydrogen-bond donors (Lipinski definition) is 1. The van der Waals surface area contributed by atoms with Gasteiger partial charge in [0.05, 0.1) is 24.9 Å². The third kappa shape index (κ3) is 5.10. The number of methoxy groups -OCH3 is 1. The smallest absolute Gasteiger partial charge is 0.257 e. The van der Waals surface area contributed by atoms with E-state index in [9.17, 15) is 9.59 Å². The largest absolute Gasteiger partial charge is 0.497 e. The number of aromatic nitrogens is 2. The molecule has 1 heterocycles. The third-order valence-corrected chi connectivity index (χ3v) is 5.11. The Morgan fingerprint density at radius 2 is 1.58 bits per heavy atom. The van der Waals surface area contributed by atoms with Crippen LogP contribution in [0.2, 0.25) is 0 Å². The van der Waals surface area contributed by atoms with Gasteiger partial charge in [-0.05, 0) is 36.4 Å². The number of carbonyl (C=O) groups is 2. The first-order valence-electron chi connectivity index (χ1n) is 10.4. The monoisotopic (exact) mass is 440 g/mol. The number of rotatable bonds is 7. The van der Waals surface area contributed by atoms with Crippen molar-refractivity contribution < 1.29 is 14.3 Å². The predicted molar refractivity (Wildman–Crippen MR) is 128 cm³/mol. The van der Waals surface area contributed by atoms with Crippen LogP contribution in [0.1, 0.15) is 10.4 Å². The van der Waals surface area contributed by atoms with E-state index in [1.807, 2.05) is 60.7 Å². The van der Waals surface area contributed by atoms with Crippen molar-refractivity contribution in [1.29, 1.82) is 0 Å². The summed E-state index contributed by atoms with van der Waals surface area (Å²) in [6.07, 6.45) is 1.71. The van der Waals surface area contributed by atoms with Crippen LogP contribution >= 0.6 is 0 Å². The molecule has 7 heteroatoms. The van der Waals surface area contributed by atoms with Crippen LogP contribution in [0.15, 0.2) is 91.1 Å². The highest BCUT2D eigenvalue weighted by Crippen LogP contribution is 2.25. The Hall–Kier alpha value is -4.39. The maximum Gasteiger partial charge on any atom is 0.257 e. The van der Waals surface area contributed by atoms with Crippen molar-refractivity contribution in [2.75, 3.05) is 26.0 Å². The van der Waals surface area contributed by atoms with E-state index in [0.29, 0.717) is 22.7 Å². The summed E-state index contributed by atoms with van der Waals surface area (Å²) in [5, 5.41) is 7.47. The van der Waals surface area contributed by atoms with Crippen LogP contribution in [0.3, 0.4) is 0 Å². The average Bonchev–Trinajstić information content (AvgIpc) is 3.30. The highest BCUT2D eigenvalue weighted by atomic mass is 16.5. The molecule has 0 aliphatic rings. The van der Waals surface area contributed by atoms with Crippen LogP contribution in [-0.4, -0.2) is 47.2 Å². The lowest BCUT2D eigenvalue weighted by Crippen LogP contribution is -2.35. The number of anilines is 1. The fourth-order valence-electron chi connectivity index (χ4n) is 3.42. The Balaban J connectivity index is 1.55. The Bertz CT molecular complexity index is 1240. The van der Waals surface area contributed by atoms with Gasteiger partial charge in [-0.2, -0.15) is 5.10 Å².